The van der Waals surface area contributed by atoms with E-state index in [1.54, 1.807) is 0 Å². The lowest BCUT2D eigenvalue weighted by Gasteiger charge is -2.44. The third kappa shape index (κ3) is 2.79. The molecular weight excluding hydrogens is 296 g/mol. The standard InChI is InChI=1S/C22H28O2/c1-6-15-8-10-17(19(23)12-15)22(5)14-21(3,4)18-11-9-16(7-2)13-20(18)24-22/h8-13,23H,6-7,14H2,1-5H3. The molecule has 0 saturated heterocycles. The van der Waals surface area contributed by atoms with E-state index < -0.39 is 5.60 Å². The van der Waals surface area contributed by atoms with Crippen LogP contribution in [0.5, 0.6) is 11.5 Å². The van der Waals surface area contributed by atoms with Gasteiger partial charge >= 0.3 is 0 Å². The van der Waals surface area contributed by atoms with Crippen molar-refractivity contribution in [3.63, 3.8) is 0 Å². The number of rotatable bonds is 3. The van der Waals surface area contributed by atoms with Crippen LogP contribution in [0, 0.1) is 0 Å². The first-order chi connectivity index (χ1) is 11.3. The van der Waals surface area contributed by atoms with E-state index >= 15 is 0 Å². The van der Waals surface area contributed by atoms with Crippen LogP contribution in [0.1, 0.15) is 63.3 Å². The quantitative estimate of drug-likeness (QED) is 0.808. The van der Waals surface area contributed by atoms with Crippen molar-refractivity contribution in [1.82, 2.24) is 0 Å². The molecule has 0 bridgehead atoms. The molecule has 1 unspecified atom stereocenters. The van der Waals surface area contributed by atoms with Crippen LogP contribution < -0.4 is 4.74 Å². The van der Waals surface area contributed by atoms with Gasteiger partial charge in [0.25, 0.3) is 0 Å². The van der Waals surface area contributed by atoms with E-state index in [-0.39, 0.29) is 5.41 Å². The summed E-state index contributed by atoms with van der Waals surface area (Å²) in [5.74, 6) is 1.29. The Hall–Kier alpha value is -1.96. The number of phenolic OH excluding ortho intramolecular Hbond substituents is 1. The second-order valence-electron chi connectivity index (χ2n) is 7.78. The summed E-state index contributed by atoms with van der Waals surface area (Å²) in [5.41, 5.74) is 4.01. The molecule has 1 aliphatic rings. The van der Waals surface area contributed by atoms with Gasteiger partial charge in [0, 0.05) is 12.0 Å². The molecule has 3 rings (SSSR count). The summed E-state index contributed by atoms with van der Waals surface area (Å²) in [7, 11) is 0. The molecule has 0 radical (unpaired) electrons. The van der Waals surface area contributed by atoms with Crippen LogP contribution in [-0.4, -0.2) is 5.11 Å². The molecule has 128 valence electrons. The fourth-order valence-corrected chi connectivity index (χ4v) is 4.04. The fraction of sp³-hybridized carbons (Fsp3) is 0.455. The van der Waals surface area contributed by atoms with Crippen molar-refractivity contribution in [2.24, 2.45) is 0 Å². The molecule has 1 aliphatic heterocycles. The number of fused-ring (bicyclic) bond motifs is 1. The van der Waals surface area contributed by atoms with Gasteiger partial charge in [-0.05, 0) is 54.0 Å². The highest BCUT2D eigenvalue weighted by atomic mass is 16.5. The van der Waals surface area contributed by atoms with Crippen LogP contribution in [0.3, 0.4) is 0 Å². The summed E-state index contributed by atoms with van der Waals surface area (Å²) in [4.78, 5) is 0. The molecule has 0 fully saturated rings. The molecule has 0 amide bonds. The van der Waals surface area contributed by atoms with Crippen molar-refractivity contribution in [3.8, 4) is 11.5 Å². The Morgan fingerprint density at radius 2 is 1.50 bits per heavy atom. The van der Waals surface area contributed by atoms with Crippen molar-refractivity contribution in [2.45, 2.75) is 64.9 Å². The minimum absolute atomic E-state index is 0.00945. The van der Waals surface area contributed by atoms with Gasteiger partial charge in [-0.25, -0.2) is 0 Å². The maximum atomic E-state index is 10.6. The Morgan fingerprint density at radius 3 is 2.08 bits per heavy atom. The van der Waals surface area contributed by atoms with Gasteiger partial charge in [0.1, 0.15) is 17.1 Å². The minimum atomic E-state index is -0.529. The molecule has 0 spiro atoms. The lowest BCUT2D eigenvalue weighted by atomic mass is 9.70. The Bertz CT molecular complexity index is 761. The smallest absolute Gasteiger partial charge is 0.136 e. The van der Waals surface area contributed by atoms with Crippen LogP contribution in [0.4, 0.5) is 0 Å². The number of aryl methyl sites for hydroxylation is 2. The Kier molecular flexibility index (Phi) is 4.11. The molecule has 1 atom stereocenters. The predicted octanol–water partition coefficient (Wildman–Crippen LogP) is 5.49. The first-order valence-electron chi connectivity index (χ1n) is 8.94. The predicted molar refractivity (Wildman–Crippen MR) is 98.9 cm³/mol. The monoisotopic (exact) mass is 324 g/mol. The number of hydrogen-bond acceptors (Lipinski definition) is 2. The van der Waals surface area contributed by atoms with Crippen molar-refractivity contribution in [3.05, 3.63) is 58.7 Å². The van der Waals surface area contributed by atoms with Crippen LogP contribution in [-0.2, 0) is 23.9 Å². The number of benzene rings is 2. The second-order valence-corrected chi connectivity index (χ2v) is 7.78. The third-order valence-corrected chi connectivity index (χ3v) is 5.34. The van der Waals surface area contributed by atoms with Crippen LogP contribution in [0.2, 0.25) is 0 Å². The van der Waals surface area contributed by atoms with Gasteiger partial charge in [0.05, 0.1) is 0 Å². The van der Waals surface area contributed by atoms with Gasteiger partial charge in [0.15, 0.2) is 0 Å². The fourth-order valence-electron chi connectivity index (χ4n) is 4.04. The number of ether oxygens (including phenoxy) is 1. The molecule has 2 nitrogen and oxygen atoms in total. The van der Waals surface area contributed by atoms with E-state index in [9.17, 15) is 5.11 Å². The zero-order valence-electron chi connectivity index (χ0n) is 15.4. The average molecular weight is 324 g/mol. The topological polar surface area (TPSA) is 29.5 Å². The van der Waals surface area contributed by atoms with E-state index in [0.29, 0.717) is 5.75 Å². The van der Waals surface area contributed by atoms with Crippen LogP contribution in [0.25, 0.3) is 0 Å². The van der Waals surface area contributed by atoms with E-state index in [1.807, 2.05) is 12.1 Å². The largest absolute Gasteiger partial charge is 0.508 e. The van der Waals surface area contributed by atoms with Crippen molar-refractivity contribution >= 4 is 0 Å². The molecular formula is C22H28O2. The van der Waals surface area contributed by atoms with Gasteiger partial charge < -0.3 is 9.84 Å². The molecule has 2 aromatic rings. The van der Waals surface area contributed by atoms with Gasteiger partial charge in [-0.1, -0.05) is 52.0 Å². The van der Waals surface area contributed by atoms with Gasteiger partial charge in [-0.15, -0.1) is 0 Å². The third-order valence-electron chi connectivity index (χ3n) is 5.34. The molecule has 2 aromatic carbocycles. The molecule has 1 heterocycles. The van der Waals surface area contributed by atoms with Gasteiger partial charge in [-0.3, -0.25) is 0 Å². The minimum Gasteiger partial charge on any atom is -0.508 e. The molecule has 0 aromatic heterocycles. The van der Waals surface area contributed by atoms with Crippen molar-refractivity contribution < 1.29 is 9.84 Å². The maximum Gasteiger partial charge on any atom is 0.136 e. The average Bonchev–Trinajstić information content (AvgIpc) is 2.52. The Labute approximate surface area is 145 Å². The zero-order chi connectivity index (χ0) is 17.5. The maximum absolute atomic E-state index is 10.6. The summed E-state index contributed by atoms with van der Waals surface area (Å²) >= 11 is 0. The van der Waals surface area contributed by atoms with Crippen molar-refractivity contribution in [2.75, 3.05) is 0 Å². The first-order valence-corrected chi connectivity index (χ1v) is 8.94. The first kappa shape index (κ1) is 16.9. The zero-order valence-corrected chi connectivity index (χ0v) is 15.4. The molecule has 2 heteroatoms. The summed E-state index contributed by atoms with van der Waals surface area (Å²) in [6.45, 7) is 10.9. The highest BCUT2D eigenvalue weighted by molar-refractivity contribution is 5.48. The normalized spacial score (nSPS) is 21.9. The number of phenols is 1. The Morgan fingerprint density at radius 1 is 0.917 bits per heavy atom. The van der Waals surface area contributed by atoms with Gasteiger partial charge in [0.2, 0.25) is 0 Å². The second kappa shape index (κ2) is 5.84. The molecule has 1 N–H and O–H groups in total. The van der Waals surface area contributed by atoms with Crippen molar-refractivity contribution in [1.29, 1.82) is 0 Å². The lowest BCUT2D eigenvalue weighted by Crippen LogP contribution is -2.41. The summed E-state index contributed by atoms with van der Waals surface area (Å²) in [5, 5.41) is 10.6. The Balaban J connectivity index is 2.09. The number of hydrogen-bond donors (Lipinski definition) is 1. The SMILES string of the molecule is CCc1ccc(C2(C)CC(C)(C)c3ccc(CC)cc3O2)c(O)c1. The molecule has 0 saturated carbocycles. The molecule has 24 heavy (non-hydrogen) atoms. The van der Waals surface area contributed by atoms with E-state index in [2.05, 4.69) is 58.9 Å². The molecule has 0 aliphatic carbocycles. The van der Waals surface area contributed by atoms with E-state index in [4.69, 9.17) is 4.74 Å². The highest BCUT2D eigenvalue weighted by Gasteiger charge is 2.44. The van der Waals surface area contributed by atoms with Crippen LogP contribution >= 0.6 is 0 Å². The van der Waals surface area contributed by atoms with Crippen LogP contribution in [0.15, 0.2) is 36.4 Å². The summed E-state index contributed by atoms with van der Waals surface area (Å²) in [6, 6.07) is 12.5. The highest BCUT2D eigenvalue weighted by Crippen LogP contribution is 2.50. The summed E-state index contributed by atoms with van der Waals surface area (Å²) < 4.78 is 6.48. The lowest BCUT2D eigenvalue weighted by molar-refractivity contribution is 0.0304. The van der Waals surface area contributed by atoms with Gasteiger partial charge in [-0.2, -0.15) is 0 Å². The van der Waals surface area contributed by atoms with E-state index in [0.717, 1.165) is 36.1 Å². The van der Waals surface area contributed by atoms with E-state index in [1.165, 1.54) is 11.1 Å². The number of aromatic hydroxyl groups is 1. The summed E-state index contributed by atoms with van der Waals surface area (Å²) in [6.07, 6.45) is 2.74.